The van der Waals surface area contributed by atoms with Gasteiger partial charge in [0.1, 0.15) is 11.5 Å². The highest BCUT2D eigenvalue weighted by molar-refractivity contribution is 7.92. The van der Waals surface area contributed by atoms with E-state index >= 15 is 0 Å². The summed E-state index contributed by atoms with van der Waals surface area (Å²) in [6.45, 7) is 0.219. The molecule has 0 spiro atoms. The van der Waals surface area contributed by atoms with E-state index < -0.39 is 27.7 Å². The fourth-order valence-electron chi connectivity index (χ4n) is 3.71. The van der Waals surface area contributed by atoms with E-state index in [1.54, 1.807) is 18.3 Å². The Morgan fingerprint density at radius 2 is 1.97 bits per heavy atom. The summed E-state index contributed by atoms with van der Waals surface area (Å²) >= 11 is 0. The van der Waals surface area contributed by atoms with Gasteiger partial charge in [-0.1, -0.05) is 6.07 Å². The van der Waals surface area contributed by atoms with Gasteiger partial charge in [0.15, 0.2) is 5.82 Å². The summed E-state index contributed by atoms with van der Waals surface area (Å²) in [5.74, 6) is -1.45. The topological polar surface area (TPSA) is 121 Å². The maximum atomic E-state index is 13.6. The predicted octanol–water partition coefficient (Wildman–Crippen LogP) is 1.99. The average molecular weight is 472 g/mol. The molecule has 33 heavy (non-hydrogen) atoms. The quantitative estimate of drug-likeness (QED) is 0.587. The minimum atomic E-state index is -3.56. The fraction of sp³-hybridized carbons (Fsp3) is 0.273. The Morgan fingerprint density at radius 3 is 2.73 bits per heavy atom. The molecule has 1 aliphatic rings. The molecule has 9 nitrogen and oxygen atoms in total. The smallest absolute Gasteiger partial charge is 0.270 e. The molecule has 3 heterocycles. The Kier molecular flexibility index (Phi) is 6.23. The Morgan fingerprint density at radius 1 is 1.15 bits per heavy atom. The van der Waals surface area contributed by atoms with E-state index in [0.717, 1.165) is 6.07 Å². The molecule has 0 atom stereocenters. The summed E-state index contributed by atoms with van der Waals surface area (Å²) in [6.07, 6.45) is 2.80. The van der Waals surface area contributed by atoms with E-state index in [1.165, 1.54) is 29.6 Å². The number of halogens is 1. The third-order valence-corrected chi connectivity index (χ3v) is 7.21. The van der Waals surface area contributed by atoms with E-state index in [0.29, 0.717) is 29.3 Å². The molecule has 2 amide bonds. The lowest BCUT2D eigenvalue weighted by atomic mass is 10.1. The fourth-order valence-corrected chi connectivity index (χ4v) is 5.31. The summed E-state index contributed by atoms with van der Waals surface area (Å²) in [5.41, 5.74) is 0.940. The number of aromatic nitrogens is 2. The Bertz CT molecular complexity index is 1350. The standard InChI is InChI=1S/C22H22FN5O4S/c1-24-21(29)17-11-15(23)7-6-14(17)13-26-22(30)19-12-18-16(5-4-8-25-18)20(27-19)28-9-2-3-10-33(28,31)32/h4-8,11-12H,2-3,9-10,13H2,1H3,(H,24,29)(H,26,30). The van der Waals surface area contributed by atoms with Crippen LogP contribution in [0.1, 0.15) is 39.3 Å². The van der Waals surface area contributed by atoms with Crippen molar-refractivity contribution >= 4 is 38.6 Å². The summed E-state index contributed by atoms with van der Waals surface area (Å²) in [7, 11) is -2.13. The molecule has 172 valence electrons. The first kappa shape index (κ1) is 22.6. The van der Waals surface area contributed by atoms with Crippen LogP contribution in [0.5, 0.6) is 0 Å². The van der Waals surface area contributed by atoms with Gasteiger partial charge in [0.2, 0.25) is 10.0 Å². The second-order valence-electron chi connectivity index (χ2n) is 7.56. The lowest BCUT2D eigenvalue weighted by molar-refractivity contribution is 0.0936. The van der Waals surface area contributed by atoms with Crippen molar-refractivity contribution in [3.05, 3.63) is 65.2 Å². The number of sulfonamides is 1. The van der Waals surface area contributed by atoms with Crippen molar-refractivity contribution in [3.63, 3.8) is 0 Å². The lowest BCUT2D eigenvalue weighted by Gasteiger charge is -2.28. The van der Waals surface area contributed by atoms with Gasteiger partial charge in [0.25, 0.3) is 11.8 Å². The van der Waals surface area contributed by atoms with Crippen LogP contribution >= 0.6 is 0 Å². The predicted molar refractivity (Wildman–Crippen MR) is 121 cm³/mol. The highest BCUT2D eigenvalue weighted by Crippen LogP contribution is 2.29. The number of fused-ring (bicyclic) bond motifs is 1. The van der Waals surface area contributed by atoms with Crippen molar-refractivity contribution in [1.29, 1.82) is 0 Å². The first-order valence-electron chi connectivity index (χ1n) is 10.3. The van der Waals surface area contributed by atoms with Crippen molar-refractivity contribution in [2.75, 3.05) is 23.7 Å². The van der Waals surface area contributed by atoms with E-state index in [4.69, 9.17) is 0 Å². The number of hydrogen-bond donors (Lipinski definition) is 2. The highest BCUT2D eigenvalue weighted by Gasteiger charge is 2.29. The van der Waals surface area contributed by atoms with Gasteiger partial charge in [-0.05, 0) is 48.7 Å². The Labute approximate surface area is 190 Å². The van der Waals surface area contributed by atoms with Gasteiger partial charge >= 0.3 is 0 Å². The molecular weight excluding hydrogens is 449 g/mol. The SMILES string of the molecule is CNC(=O)c1cc(F)ccc1CNC(=O)c1cc2ncccc2c(N2CCCCS2(=O)=O)n1. The van der Waals surface area contributed by atoms with Crippen molar-refractivity contribution in [1.82, 2.24) is 20.6 Å². The summed E-state index contributed by atoms with van der Waals surface area (Å²) in [4.78, 5) is 33.6. The van der Waals surface area contributed by atoms with Crippen LogP contribution in [0.15, 0.2) is 42.6 Å². The lowest BCUT2D eigenvalue weighted by Crippen LogP contribution is -2.39. The third-order valence-electron chi connectivity index (χ3n) is 5.38. The molecule has 0 unspecified atom stereocenters. The number of pyridine rings is 2. The summed E-state index contributed by atoms with van der Waals surface area (Å²) in [6, 6.07) is 8.59. The number of hydrogen-bond acceptors (Lipinski definition) is 6. The molecule has 0 bridgehead atoms. The molecule has 1 aliphatic heterocycles. The number of nitrogens with one attached hydrogen (secondary N) is 2. The molecule has 1 aromatic carbocycles. The van der Waals surface area contributed by atoms with Crippen LogP contribution in [0.4, 0.5) is 10.2 Å². The van der Waals surface area contributed by atoms with E-state index in [1.807, 2.05) is 0 Å². The van der Waals surface area contributed by atoms with Crippen LogP contribution in [0.25, 0.3) is 10.9 Å². The van der Waals surface area contributed by atoms with Crippen molar-refractivity contribution in [2.45, 2.75) is 19.4 Å². The van der Waals surface area contributed by atoms with Crippen LogP contribution in [0.2, 0.25) is 0 Å². The number of carbonyl (C=O) groups excluding carboxylic acids is 2. The zero-order chi connectivity index (χ0) is 23.6. The molecule has 1 saturated heterocycles. The zero-order valence-corrected chi connectivity index (χ0v) is 18.7. The van der Waals surface area contributed by atoms with E-state index in [2.05, 4.69) is 20.6 Å². The van der Waals surface area contributed by atoms with Gasteiger partial charge in [0.05, 0.1) is 11.3 Å². The molecule has 4 rings (SSSR count). The highest BCUT2D eigenvalue weighted by atomic mass is 32.2. The molecule has 3 aromatic rings. The maximum absolute atomic E-state index is 13.6. The molecule has 11 heteroatoms. The second-order valence-corrected chi connectivity index (χ2v) is 9.57. The van der Waals surface area contributed by atoms with Crippen LogP contribution in [-0.4, -0.2) is 49.5 Å². The average Bonchev–Trinajstić information content (AvgIpc) is 2.81. The molecule has 2 N–H and O–H groups in total. The number of carbonyl (C=O) groups is 2. The monoisotopic (exact) mass is 471 g/mol. The van der Waals surface area contributed by atoms with Gasteiger partial charge in [-0.2, -0.15) is 0 Å². The molecule has 0 aliphatic carbocycles. The molecular formula is C22H22FN5O4S. The Hall–Kier alpha value is -3.60. The third kappa shape index (κ3) is 4.63. The first-order valence-corrected chi connectivity index (χ1v) is 12.0. The van der Waals surface area contributed by atoms with Gasteiger partial charge in [0, 0.05) is 37.3 Å². The summed E-state index contributed by atoms with van der Waals surface area (Å²) < 4.78 is 40.2. The van der Waals surface area contributed by atoms with Gasteiger partial charge in [-0.25, -0.2) is 17.8 Å². The largest absolute Gasteiger partial charge is 0.355 e. The number of amides is 2. The van der Waals surface area contributed by atoms with Crippen LogP contribution in [0, 0.1) is 5.82 Å². The second kappa shape index (κ2) is 9.10. The molecule has 0 radical (unpaired) electrons. The molecule has 0 saturated carbocycles. The number of anilines is 1. The molecule has 2 aromatic heterocycles. The number of nitrogens with zero attached hydrogens (tertiary/aromatic N) is 3. The molecule has 1 fully saturated rings. The minimum Gasteiger partial charge on any atom is -0.355 e. The van der Waals surface area contributed by atoms with Crippen molar-refractivity contribution in [3.8, 4) is 0 Å². The van der Waals surface area contributed by atoms with E-state index in [-0.39, 0.29) is 35.9 Å². The summed E-state index contributed by atoms with van der Waals surface area (Å²) in [5, 5.41) is 5.64. The Balaban J connectivity index is 1.67. The normalized spacial score (nSPS) is 15.3. The van der Waals surface area contributed by atoms with Crippen LogP contribution in [0.3, 0.4) is 0 Å². The van der Waals surface area contributed by atoms with Gasteiger partial charge in [-0.15, -0.1) is 0 Å². The van der Waals surface area contributed by atoms with Gasteiger partial charge in [-0.3, -0.25) is 18.9 Å². The van der Waals surface area contributed by atoms with Crippen molar-refractivity contribution < 1.29 is 22.4 Å². The first-order chi connectivity index (χ1) is 15.8. The van der Waals surface area contributed by atoms with Crippen LogP contribution < -0.4 is 14.9 Å². The van der Waals surface area contributed by atoms with E-state index in [9.17, 15) is 22.4 Å². The van der Waals surface area contributed by atoms with Gasteiger partial charge < -0.3 is 10.6 Å². The number of benzene rings is 1. The maximum Gasteiger partial charge on any atom is 0.270 e. The van der Waals surface area contributed by atoms with Crippen LogP contribution in [-0.2, 0) is 16.6 Å². The minimum absolute atomic E-state index is 0.0134. The van der Waals surface area contributed by atoms with Crippen molar-refractivity contribution in [2.24, 2.45) is 0 Å². The number of rotatable bonds is 5. The zero-order valence-electron chi connectivity index (χ0n) is 17.8.